The molecule has 0 saturated heterocycles. The molecule has 1 aromatic rings. The number of ketones is 1. The number of hydrogen-bond acceptors (Lipinski definition) is 5. The monoisotopic (exact) mass is 353 g/mol. The number of carboxylic acid groups (broad SMARTS) is 1. The van der Waals surface area contributed by atoms with Gasteiger partial charge in [0.15, 0.2) is 5.78 Å². The first-order valence-electron chi connectivity index (χ1n) is 8.37. The number of carbonyl (C=O) groups is 2. The molecule has 24 heavy (non-hydrogen) atoms. The van der Waals surface area contributed by atoms with Crippen LogP contribution < -0.4 is 15.2 Å². The van der Waals surface area contributed by atoms with Gasteiger partial charge in [0.2, 0.25) is 0 Å². The number of ether oxygens (including phenoxy) is 1. The van der Waals surface area contributed by atoms with Crippen molar-refractivity contribution in [1.82, 2.24) is 0 Å². The third-order valence-corrected chi connectivity index (χ3v) is 4.35. The Kier molecular flexibility index (Phi) is 10.2. The van der Waals surface area contributed by atoms with Crippen molar-refractivity contribution in [2.45, 2.75) is 38.6 Å². The summed E-state index contributed by atoms with van der Waals surface area (Å²) < 4.78 is 5.57. The summed E-state index contributed by atoms with van der Waals surface area (Å²) in [6.07, 6.45) is 4.87. The molecule has 1 atom stereocenters. The van der Waals surface area contributed by atoms with Gasteiger partial charge in [0.05, 0.1) is 25.5 Å². The Balaban J connectivity index is 2.40. The van der Waals surface area contributed by atoms with E-state index in [0.29, 0.717) is 31.6 Å². The number of thioether (sulfide) groups is 1. The zero-order valence-electron chi connectivity index (χ0n) is 14.5. The fourth-order valence-electron chi connectivity index (χ4n) is 2.21. The lowest BCUT2D eigenvalue weighted by Gasteiger charge is -2.15. The number of nitrogens with two attached hydrogens (primary N) is 1. The van der Waals surface area contributed by atoms with Crippen LogP contribution in [-0.4, -0.2) is 43.0 Å². The maximum absolute atomic E-state index is 12.2. The average molecular weight is 353 g/mol. The van der Waals surface area contributed by atoms with Crippen molar-refractivity contribution in [3.8, 4) is 5.75 Å². The molecule has 0 aromatic heterocycles. The molecule has 0 heterocycles. The summed E-state index contributed by atoms with van der Waals surface area (Å²) in [6.45, 7) is 3.23. The van der Waals surface area contributed by atoms with Crippen LogP contribution in [0.4, 0.5) is 0 Å². The van der Waals surface area contributed by atoms with E-state index in [0.717, 1.165) is 24.3 Å². The van der Waals surface area contributed by atoms with E-state index < -0.39 is 12.0 Å². The van der Waals surface area contributed by atoms with Gasteiger partial charge in [-0.2, -0.15) is 11.8 Å². The minimum absolute atomic E-state index is 0.00771. The number of carbonyl (C=O) groups excluding carboxylic acids is 2. The van der Waals surface area contributed by atoms with Crippen molar-refractivity contribution >= 4 is 23.5 Å². The van der Waals surface area contributed by atoms with Gasteiger partial charge < -0.3 is 20.0 Å². The van der Waals surface area contributed by atoms with Crippen LogP contribution in [0.1, 0.15) is 43.0 Å². The van der Waals surface area contributed by atoms with E-state index in [1.807, 2.05) is 6.26 Å². The van der Waals surface area contributed by atoms with Crippen molar-refractivity contribution in [2.24, 2.45) is 0 Å². The second-order valence-electron chi connectivity index (χ2n) is 5.63. The number of hydrogen-bond donors (Lipinski definition) is 1. The largest absolute Gasteiger partial charge is 0.544 e. The van der Waals surface area contributed by atoms with Crippen molar-refractivity contribution in [3.05, 3.63) is 29.8 Å². The molecule has 0 bridgehead atoms. The molecule has 1 aromatic carbocycles. The maximum Gasteiger partial charge on any atom is 0.168 e. The molecule has 0 aliphatic rings. The summed E-state index contributed by atoms with van der Waals surface area (Å²) in [5.74, 6) is 0.474. The first-order valence-corrected chi connectivity index (χ1v) is 9.77. The number of aliphatic carboxylic acids is 1. The van der Waals surface area contributed by atoms with Gasteiger partial charge in [-0.3, -0.25) is 4.79 Å². The maximum atomic E-state index is 12.2. The van der Waals surface area contributed by atoms with Crippen molar-refractivity contribution < 1.29 is 24.7 Å². The fraction of sp³-hybridized carbons (Fsp3) is 0.556. The number of rotatable bonds is 13. The van der Waals surface area contributed by atoms with Gasteiger partial charge in [-0.25, -0.2) is 0 Å². The lowest BCUT2D eigenvalue weighted by Crippen LogP contribution is -2.93. The predicted octanol–water partition coefficient (Wildman–Crippen LogP) is 0.873. The number of benzene rings is 1. The van der Waals surface area contributed by atoms with E-state index in [2.05, 4.69) is 6.92 Å². The number of Topliss-reactive ketones (excluding diaryl/α,β-unsaturated/α-hetero) is 1. The molecule has 134 valence electrons. The standard InChI is InChI=1S/C18H27NO4S/c1-3-4-12-23-15-7-5-14(6-8-15)17(20)9-11-19-16(18(21)22)10-13-24-2/h5-8,16,19H,3-4,9-13H2,1-2H3,(H,21,22)/t16-/m0/s1. The Morgan fingerprint density at radius 3 is 2.58 bits per heavy atom. The SMILES string of the molecule is CCCCOc1ccc(C(=O)CC[NH2+][C@@H](CCSC)C(=O)[O-])cc1. The van der Waals surface area contributed by atoms with Crippen LogP contribution in [0, 0.1) is 0 Å². The molecule has 0 unspecified atom stereocenters. The van der Waals surface area contributed by atoms with E-state index >= 15 is 0 Å². The molecule has 0 fully saturated rings. The molecule has 1 rings (SSSR count). The van der Waals surface area contributed by atoms with Crippen molar-refractivity contribution in [1.29, 1.82) is 0 Å². The van der Waals surface area contributed by atoms with Crippen LogP contribution >= 0.6 is 11.8 Å². The lowest BCUT2D eigenvalue weighted by molar-refractivity contribution is -0.682. The molecule has 2 N–H and O–H groups in total. The highest BCUT2D eigenvalue weighted by Crippen LogP contribution is 2.13. The minimum Gasteiger partial charge on any atom is -0.544 e. The summed E-state index contributed by atoms with van der Waals surface area (Å²) in [7, 11) is 0. The van der Waals surface area contributed by atoms with Crippen LogP contribution in [0.5, 0.6) is 5.75 Å². The van der Waals surface area contributed by atoms with Gasteiger partial charge in [-0.1, -0.05) is 13.3 Å². The summed E-state index contributed by atoms with van der Waals surface area (Å²) in [5.41, 5.74) is 0.625. The average Bonchev–Trinajstić information content (AvgIpc) is 2.58. The van der Waals surface area contributed by atoms with E-state index in [9.17, 15) is 14.7 Å². The van der Waals surface area contributed by atoms with E-state index in [4.69, 9.17) is 4.74 Å². The van der Waals surface area contributed by atoms with Crippen LogP contribution in [0.2, 0.25) is 0 Å². The Bertz CT molecular complexity index is 504. The zero-order chi connectivity index (χ0) is 17.8. The Hall–Kier alpha value is -1.53. The summed E-state index contributed by atoms with van der Waals surface area (Å²) in [4.78, 5) is 23.2. The van der Waals surface area contributed by atoms with Gasteiger partial charge in [-0.05, 0) is 42.7 Å². The molecule has 5 nitrogen and oxygen atoms in total. The number of unbranched alkanes of at least 4 members (excludes halogenated alkanes) is 1. The molecule has 0 spiro atoms. The van der Waals surface area contributed by atoms with Crippen LogP contribution in [0.15, 0.2) is 24.3 Å². The fourth-order valence-corrected chi connectivity index (χ4v) is 2.70. The molecular formula is C18H27NO4S. The normalized spacial score (nSPS) is 11.9. The van der Waals surface area contributed by atoms with Gasteiger partial charge in [0, 0.05) is 12.0 Å². The van der Waals surface area contributed by atoms with Gasteiger partial charge in [0.25, 0.3) is 0 Å². The second-order valence-corrected chi connectivity index (χ2v) is 6.62. The van der Waals surface area contributed by atoms with E-state index in [1.165, 1.54) is 0 Å². The lowest BCUT2D eigenvalue weighted by atomic mass is 10.1. The molecule has 0 aliphatic heterocycles. The minimum atomic E-state index is -1.06. The zero-order valence-corrected chi connectivity index (χ0v) is 15.3. The predicted molar refractivity (Wildman–Crippen MR) is 94.4 cm³/mol. The third-order valence-electron chi connectivity index (χ3n) is 3.70. The first kappa shape index (κ1) is 20.5. The van der Waals surface area contributed by atoms with E-state index in [1.54, 1.807) is 41.3 Å². The van der Waals surface area contributed by atoms with Gasteiger partial charge in [0.1, 0.15) is 11.8 Å². The Morgan fingerprint density at radius 2 is 2.00 bits per heavy atom. The molecule has 0 radical (unpaired) electrons. The Labute approximate surface area is 148 Å². The van der Waals surface area contributed by atoms with Crippen molar-refractivity contribution in [2.75, 3.05) is 25.2 Å². The summed E-state index contributed by atoms with van der Waals surface area (Å²) in [5, 5.41) is 12.7. The molecular weight excluding hydrogens is 326 g/mol. The smallest absolute Gasteiger partial charge is 0.168 e. The van der Waals surface area contributed by atoms with Crippen LogP contribution in [-0.2, 0) is 4.79 Å². The Morgan fingerprint density at radius 1 is 1.29 bits per heavy atom. The quantitative estimate of drug-likeness (QED) is 0.420. The van der Waals surface area contributed by atoms with Crippen molar-refractivity contribution in [3.63, 3.8) is 0 Å². The highest BCUT2D eigenvalue weighted by atomic mass is 32.2. The van der Waals surface area contributed by atoms with Crippen LogP contribution in [0.25, 0.3) is 0 Å². The number of quaternary nitrogens is 1. The van der Waals surface area contributed by atoms with Gasteiger partial charge in [-0.15, -0.1) is 0 Å². The third kappa shape index (κ3) is 7.84. The first-order chi connectivity index (χ1) is 11.6. The summed E-state index contributed by atoms with van der Waals surface area (Å²) in [6, 6.07) is 6.53. The highest BCUT2D eigenvalue weighted by Gasteiger charge is 2.14. The molecule has 0 saturated carbocycles. The van der Waals surface area contributed by atoms with Crippen LogP contribution in [0.3, 0.4) is 0 Å². The second kappa shape index (κ2) is 11.9. The van der Waals surface area contributed by atoms with Gasteiger partial charge >= 0.3 is 0 Å². The molecule has 6 heteroatoms. The van der Waals surface area contributed by atoms with E-state index in [-0.39, 0.29) is 5.78 Å². The molecule has 0 amide bonds. The number of carboxylic acids is 1. The topological polar surface area (TPSA) is 83.0 Å². The summed E-state index contributed by atoms with van der Waals surface area (Å²) >= 11 is 1.60. The highest BCUT2D eigenvalue weighted by molar-refractivity contribution is 7.98. The molecule has 0 aliphatic carbocycles.